The molecule has 0 aliphatic carbocycles. The van der Waals surface area contributed by atoms with E-state index >= 15 is 0 Å². The SMILES string of the molecule is Cc1cc(CCl)cc(C)c1OC(C)C#N. The summed E-state index contributed by atoms with van der Waals surface area (Å²) in [5.41, 5.74) is 3.11. The minimum absolute atomic E-state index is 0.427. The number of nitrogens with zero attached hydrogens (tertiary/aromatic N) is 1. The number of aryl methyl sites for hydroxylation is 2. The monoisotopic (exact) mass is 223 g/mol. The van der Waals surface area contributed by atoms with Gasteiger partial charge in [0.15, 0.2) is 6.10 Å². The van der Waals surface area contributed by atoms with E-state index in [1.807, 2.05) is 32.0 Å². The molecule has 0 fully saturated rings. The van der Waals surface area contributed by atoms with Gasteiger partial charge >= 0.3 is 0 Å². The number of alkyl halides is 1. The van der Waals surface area contributed by atoms with Gasteiger partial charge in [0.25, 0.3) is 0 Å². The van der Waals surface area contributed by atoms with Crippen molar-refractivity contribution in [1.82, 2.24) is 0 Å². The normalized spacial score (nSPS) is 11.9. The van der Waals surface area contributed by atoms with Crippen molar-refractivity contribution in [2.24, 2.45) is 0 Å². The summed E-state index contributed by atoms with van der Waals surface area (Å²) in [4.78, 5) is 0. The Labute approximate surface area is 95.4 Å². The van der Waals surface area contributed by atoms with E-state index < -0.39 is 6.10 Å². The van der Waals surface area contributed by atoms with Crippen molar-refractivity contribution >= 4 is 11.6 Å². The van der Waals surface area contributed by atoms with E-state index in [2.05, 4.69) is 0 Å². The fourth-order valence-corrected chi connectivity index (χ4v) is 1.66. The molecule has 0 bridgehead atoms. The van der Waals surface area contributed by atoms with Gasteiger partial charge in [-0.25, -0.2) is 0 Å². The molecule has 0 aromatic heterocycles. The summed E-state index contributed by atoms with van der Waals surface area (Å²) in [6, 6.07) is 6.02. The van der Waals surface area contributed by atoms with Crippen LogP contribution < -0.4 is 4.74 Å². The van der Waals surface area contributed by atoms with E-state index in [0.29, 0.717) is 5.88 Å². The zero-order chi connectivity index (χ0) is 11.4. The van der Waals surface area contributed by atoms with Gasteiger partial charge in [-0.3, -0.25) is 0 Å². The van der Waals surface area contributed by atoms with Gasteiger partial charge in [0, 0.05) is 5.88 Å². The summed E-state index contributed by atoms with van der Waals surface area (Å²) >= 11 is 5.76. The number of hydrogen-bond acceptors (Lipinski definition) is 2. The third-order valence-corrected chi connectivity index (χ3v) is 2.46. The minimum atomic E-state index is -0.427. The minimum Gasteiger partial charge on any atom is -0.475 e. The fourth-order valence-electron chi connectivity index (χ4n) is 1.51. The van der Waals surface area contributed by atoms with Gasteiger partial charge in [-0.15, -0.1) is 11.6 Å². The largest absolute Gasteiger partial charge is 0.475 e. The van der Waals surface area contributed by atoms with Crippen molar-refractivity contribution in [1.29, 1.82) is 5.26 Å². The van der Waals surface area contributed by atoms with Gasteiger partial charge in [0.05, 0.1) is 0 Å². The van der Waals surface area contributed by atoms with Crippen LogP contribution in [0.4, 0.5) is 0 Å². The molecule has 1 aromatic carbocycles. The predicted octanol–water partition coefficient (Wildman–Crippen LogP) is 3.33. The second-order valence-corrected chi connectivity index (χ2v) is 3.85. The highest BCUT2D eigenvalue weighted by Gasteiger charge is 2.09. The number of nitriles is 1. The highest BCUT2D eigenvalue weighted by molar-refractivity contribution is 6.17. The van der Waals surface area contributed by atoms with Crippen LogP contribution in [0.1, 0.15) is 23.6 Å². The van der Waals surface area contributed by atoms with Crippen LogP contribution in [0.3, 0.4) is 0 Å². The Balaban J connectivity index is 3.04. The lowest BCUT2D eigenvalue weighted by molar-refractivity contribution is 0.272. The van der Waals surface area contributed by atoms with Crippen molar-refractivity contribution < 1.29 is 4.74 Å². The Morgan fingerprint density at radius 3 is 2.33 bits per heavy atom. The van der Waals surface area contributed by atoms with E-state index in [-0.39, 0.29) is 0 Å². The smallest absolute Gasteiger partial charge is 0.181 e. The number of ether oxygens (including phenoxy) is 1. The average molecular weight is 224 g/mol. The van der Waals surface area contributed by atoms with Crippen LogP contribution in [0.5, 0.6) is 5.75 Å². The Bertz CT molecular complexity index is 372. The molecular formula is C12H14ClNO. The van der Waals surface area contributed by atoms with E-state index in [0.717, 1.165) is 22.4 Å². The van der Waals surface area contributed by atoms with Gasteiger partial charge in [0.2, 0.25) is 0 Å². The van der Waals surface area contributed by atoms with Crippen LogP contribution in [0.15, 0.2) is 12.1 Å². The molecular weight excluding hydrogens is 210 g/mol. The molecule has 0 amide bonds. The summed E-state index contributed by atoms with van der Waals surface area (Å²) < 4.78 is 5.52. The second-order valence-electron chi connectivity index (χ2n) is 3.58. The Hall–Kier alpha value is -1.20. The van der Waals surface area contributed by atoms with Crippen molar-refractivity contribution in [3.05, 3.63) is 28.8 Å². The number of halogens is 1. The van der Waals surface area contributed by atoms with Crippen LogP contribution in [0, 0.1) is 25.2 Å². The van der Waals surface area contributed by atoms with Gasteiger partial charge in [-0.2, -0.15) is 5.26 Å². The summed E-state index contributed by atoms with van der Waals surface area (Å²) in [5.74, 6) is 1.29. The van der Waals surface area contributed by atoms with E-state index in [4.69, 9.17) is 21.6 Å². The van der Waals surface area contributed by atoms with Gasteiger partial charge in [0.1, 0.15) is 11.8 Å². The first-order chi connectivity index (χ1) is 7.08. The topological polar surface area (TPSA) is 33.0 Å². The van der Waals surface area contributed by atoms with Gasteiger partial charge in [-0.1, -0.05) is 12.1 Å². The maximum atomic E-state index is 8.68. The van der Waals surface area contributed by atoms with E-state index in [1.165, 1.54) is 0 Å². The maximum absolute atomic E-state index is 8.68. The van der Waals surface area contributed by atoms with Crippen molar-refractivity contribution in [2.45, 2.75) is 32.8 Å². The zero-order valence-corrected chi connectivity index (χ0v) is 9.93. The lowest BCUT2D eigenvalue weighted by Crippen LogP contribution is -2.10. The summed E-state index contributed by atoms with van der Waals surface area (Å²) in [5, 5.41) is 8.68. The maximum Gasteiger partial charge on any atom is 0.181 e. The molecule has 0 aliphatic heterocycles. The predicted molar refractivity (Wildman–Crippen MR) is 61.2 cm³/mol. The first-order valence-corrected chi connectivity index (χ1v) is 5.34. The molecule has 0 spiro atoms. The van der Waals surface area contributed by atoms with Crippen LogP contribution in [-0.4, -0.2) is 6.10 Å². The van der Waals surface area contributed by atoms with Crippen molar-refractivity contribution in [3.8, 4) is 11.8 Å². The molecule has 1 atom stereocenters. The standard InChI is InChI=1S/C12H14ClNO/c1-8-4-11(6-13)5-9(2)12(8)15-10(3)7-14/h4-5,10H,6H2,1-3H3. The molecule has 1 unspecified atom stereocenters. The highest BCUT2D eigenvalue weighted by Crippen LogP contribution is 2.26. The Kier molecular flexibility index (Phi) is 3.99. The average Bonchev–Trinajstić information content (AvgIpc) is 2.22. The van der Waals surface area contributed by atoms with Crippen LogP contribution in [0.2, 0.25) is 0 Å². The molecule has 0 N–H and O–H groups in total. The summed E-state index contributed by atoms with van der Waals surface area (Å²) in [6.45, 7) is 5.65. The third-order valence-electron chi connectivity index (χ3n) is 2.15. The lowest BCUT2D eigenvalue weighted by Gasteiger charge is -2.14. The van der Waals surface area contributed by atoms with Gasteiger partial charge < -0.3 is 4.74 Å². The molecule has 1 rings (SSSR count). The number of hydrogen-bond donors (Lipinski definition) is 0. The summed E-state index contributed by atoms with van der Waals surface area (Å²) in [6.07, 6.45) is -0.427. The molecule has 80 valence electrons. The first kappa shape index (κ1) is 11.9. The number of benzene rings is 1. The van der Waals surface area contributed by atoms with E-state index in [9.17, 15) is 0 Å². The highest BCUT2D eigenvalue weighted by atomic mass is 35.5. The van der Waals surface area contributed by atoms with Crippen molar-refractivity contribution in [2.75, 3.05) is 0 Å². The molecule has 3 heteroatoms. The molecule has 15 heavy (non-hydrogen) atoms. The molecule has 2 nitrogen and oxygen atoms in total. The summed E-state index contributed by atoms with van der Waals surface area (Å²) in [7, 11) is 0. The Morgan fingerprint density at radius 1 is 1.40 bits per heavy atom. The molecule has 0 aliphatic rings. The third kappa shape index (κ3) is 2.87. The second kappa shape index (κ2) is 5.04. The van der Waals surface area contributed by atoms with Gasteiger partial charge in [-0.05, 0) is 37.5 Å². The lowest BCUT2D eigenvalue weighted by atomic mass is 10.1. The van der Waals surface area contributed by atoms with Crippen LogP contribution in [-0.2, 0) is 5.88 Å². The number of rotatable bonds is 3. The molecule has 0 saturated carbocycles. The molecule has 0 saturated heterocycles. The quantitative estimate of drug-likeness (QED) is 0.737. The van der Waals surface area contributed by atoms with Crippen molar-refractivity contribution in [3.63, 3.8) is 0 Å². The fraction of sp³-hybridized carbons (Fsp3) is 0.417. The van der Waals surface area contributed by atoms with E-state index in [1.54, 1.807) is 6.92 Å². The molecule has 1 aromatic rings. The Morgan fingerprint density at radius 2 is 1.93 bits per heavy atom. The molecule has 0 radical (unpaired) electrons. The van der Waals surface area contributed by atoms with Crippen LogP contribution in [0.25, 0.3) is 0 Å². The van der Waals surface area contributed by atoms with Crippen LogP contribution >= 0.6 is 11.6 Å². The zero-order valence-electron chi connectivity index (χ0n) is 9.17. The first-order valence-electron chi connectivity index (χ1n) is 4.80. The molecule has 0 heterocycles.